The van der Waals surface area contributed by atoms with Gasteiger partial charge >= 0.3 is 5.97 Å². The maximum absolute atomic E-state index is 11.5. The zero-order chi connectivity index (χ0) is 11.6. The standard InChI is InChI=1S/C12H16O4/c1-2-3-11(14)16-12-5-4-9(13)8-10(12)15-7-6-12/h4-5,10H,2-3,6-8H2,1H3. The predicted octanol–water partition coefficient (Wildman–Crippen LogP) is 1.39. The second-order valence-electron chi connectivity index (χ2n) is 4.29. The molecule has 1 aliphatic heterocycles. The van der Waals surface area contributed by atoms with Gasteiger partial charge in [-0.05, 0) is 18.6 Å². The van der Waals surface area contributed by atoms with E-state index < -0.39 is 5.60 Å². The number of ketones is 1. The normalized spacial score (nSPS) is 32.6. The molecule has 0 radical (unpaired) electrons. The molecule has 0 N–H and O–H groups in total. The maximum Gasteiger partial charge on any atom is 0.306 e. The van der Waals surface area contributed by atoms with Crippen LogP contribution in [0.15, 0.2) is 12.2 Å². The maximum atomic E-state index is 11.5. The van der Waals surface area contributed by atoms with E-state index in [0.717, 1.165) is 6.42 Å². The second-order valence-corrected chi connectivity index (χ2v) is 4.29. The summed E-state index contributed by atoms with van der Waals surface area (Å²) in [5.41, 5.74) is -0.680. The largest absolute Gasteiger partial charge is 0.452 e. The van der Waals surface area contributed by atoms with Crippen molar-refractivity contribution in [3.8, 4) is 0 Å². The van der Waals surface area contributed by atoms with Crippen LogP contribution in [-0.2, 0) is 19.1 Å². The van der Waals surface area contributed by atoms with E-state index in [1.807, 2.05) is 6.92 Å². The highest BCUT2D eigenvalue weighted by molar-refractivity contribution is 5.91. The molecule has 4 nitrogen and oxygen atoms in total. The molecule has 1 saturated heterocycles. The van der Waals surface area contributed by atoms with Gasteiger partial charge in [0.25, 0.3) is 0 Å². The summed E-state index contributed by atoms with van der Waals surface area (Å²) in [5, 5.41) is 0. The van der Waals surface area contributed by atoms with Crippen molar-refractivity contribution < 1.29 is 19.1 Å². The summed E-state index contributed by atoms with van der Waals surface area (Å²) in [4.78, 5) is 22.8. The first kappa shape index (κ1) is 11.3. The Morgan fingerprint density at radius 3 is 3.25 bits per heavy atom. The number of ether oxygens (including phenoxy) is 2. The van der Waals surface area contributed by atoms with E-state index in [9.17, 15) is 9.59 Å². The van der Waals surface area contributed by atoms with Crippen molar-refractivity contribution >= 4 is 11.8 Å². The number of hydrogen-bond donors (Lipinski definition) is 0. The van der Waals surface area contributed by atoms with Gasteiger partial charge in [0, 0.05) is 19.3 Å². The third kappa shape index (κ3) is 2.02. The second kappa shape index (κ2) is 4.37. The predicted molar refractivity (Wildman–Crippen MR) is 56.9 cm³/mol. The van der Waals surface area contributed by atoms with Gasteiger partial charge in [0.2, 0.25) is 0 Å². The van der Waals surface area contributed by atoms with Gasteiger partial charge in [-0.15, -0.1) is 0 Å². The third-order valence-corrected chi connectivity index (χ3v) is 3.05. The molecule has 2 rings (SSSR count). The zero-order valence-electron chi connectivity index (χ0n) is 9.40. The fourth-order valence-electron chi connectivity index (χ4n) is 2.19. The minimum Gasteiger partial charge on any atom is -0.452 e. The van der Waals surface area contributed by atoms with E-state index in [0.29, 0.717) is 25.9 Å². The van der Waals surface area contributed by atoms with E-state index in [1.54, 1.807) is 6.08 Å². The number of esters is 1. The van der Waals surface area contributed by atoms with Gasteiger partial charge in [-0.2, -0.15) is 0 Å². The third-order valence-electron chi connectivity index (χ3n) is 3.05. The van der Waals surface area contributed by atoms with Crippen molar-refractivity contribution in [2.45, 2.75) is 44.3 Å². The first-order chi connectivity index (χ1) is 7.66. The molecule has 2 aliphatic rings. The van der Waals surface area contributed by atoms with Crippen LogP contribution >= 0.6 is 0 Å². The Hall–Kier alpha value is -1.16. The van der Waals surface area contributed by atoms with E-state index in [4.69, 9.17) is 9.47 Å². The Morgan fingerprint density at radius 1 is 1.69 bits per heavy atom. The van der Waals surface area contributed by atoms with E-state index >= 15 is 0 Å². The van der Waals surface area contributed by atoms with Crippen LogP contribution < -0.4 is 0 Å². The van der Waals surface area contributed by atoms with Crippen LogP contribution in [0, 0.1) is 0 Å². The van der Waals surface area contributed by atoms with Crippen LogP contribution in [0.5, 0.6) is 0 Å². The van der Waals surface area contributed by atoms with E-state index in [1.165, 1.54) is 6.08 Å². The van der Waals surface area contributed by atoms with Gasteiger partial charge in [0.15, 0.2) is 11.4 Å². The van der Waals surface area contributed by atoms with Crippen LogP contribution in [0.1, 0.15) is 32.6 Å². The molecule has 0 aromatic heterocycles. The van der Waals surface area contributed by atoms with Crippen LogP contribution in [-0.4, -0.2) is 30.1 Å². The summed E-state index contributed by atoms with van der Waals surface area (Å²) < 4.78 is 10.9. The fourth-order valence-corrected chi connectivity index (χ4v) is 2.19. The molecule has 1 fully saturated rings. The van der Waals surface area contributed by atoms with Gasteiger partial charge in [-0.3, -0.25) is 9.59 Å². The molecule has 1 aliphatic carbocycles. The molecule has 2 unspecified atom stereocenters. The lowest BCUT2D eigenvalue weighted by Gasteiger charge is -2.32. The average molecular weight is 224 g/mol. The molecular formula is C12H16O4. The van der Waals surface area contributed by atoms with Crippen LogP contribution in [0.3, 0.4) is 0 Å². The first-order valence-electron chi connectivity index (χ1n) is 5.72. The average Bonchev–Trinajstić information content (AvgIpc) is 2.61. The van der Waals surface area contributed by atoms with Crippen molar-refractivity contribution in [3.05, 3.63) is 12.2 Å². The first-order valence-corrected chi connectivity index (χ1v) is 5.72. The SMILES string of the molecule is CCCC(=O)OC12C=CC(=O)CC1OCC2. The van der Waals surface area contributed by atoms with Crippen molar-refractivity contribution in [1.82, 2.24) is 0 Å². The Balaban J connectivity index is 2.12. The summed E-state index contributed by atoms with van der Waals surface area (Å²) in [7, 11) is 0. The molecule has 1 heterocycles. The van der Waals surface area contributed by atoms with Gasteiger partial charge < -0.3 is 9.47 Å². The summed E-state index contributed by atoms with van der Waals surface area (Å²) in [6.45, 7) is 2.48. The van der Waals surface area contributed by atoms with Crippen LogP contribution in [0.2, 0.25) is 0 Å². The summed E-state index contributed by atoms with van der Waals surface area (Å²) >= 11 is 0. The minimum atomic E-state index is -0.680. The Morgan fingerprint density at radius 2 is 2.50 bits per heavy atom. The van der Waals surface area contributed by atoms with Crippen LogP contribution in [0.4, 0.5) is 0 Å². The zero-order valence-corrected chi connectivity index (χ0v) is 9.40. The van der Waals surface area contributed by atoms with Gasteiger partial charge in [-0.25, -0.2) is 0 Å². The Bertz CT molecular complexity index is 334. The van der Waals surface area contributed by atoms with Crippen molar-refractivity contribution in [3.63, 3.8) is 0 Å². The summed E-state index contributed by atoms with van der Waals surface area (Å²) in [6, 6.07) is 0. The fraction of sp³-hybridized carbons (Fsp3) is 0.667. The van der Waals surface area contributed by atoms with Gasteiger partial charge in [-0.1, -0.05) is 6.92 Å². The molecule has 88 valence electrons. The van der Waals surface area contributed by atoms with Crippen molar-refractivity contribution in [1.29, 1.82) is 0 Å². The molecule has 0 aromatic carbocycles. The Labute approximate surface area is 94.6 Å². The lowest BCUT2D eigenvalue weighted by atomic mass is 9.86. The number of carbonyl (C=O) groups is 2. The molecule has 4 heteroatoms. The van der Waals surface area contributed by atoms with Gasteiger partial charge in [0.1, 0.15) is 6.10 Å². The molecule has 0 amide bonds. The highest BCUT2D eigenvalue weighted by Crippen LogP contribution is 2.36. The van der Waals surface area contributed by atoms with Crippen LogP contribution in [0.25, 0.3) is 0 Å². The lowest BCUT2D eigenvalue weighted by molar-refractivity contribution is -0.161. The number of allylic oxidation sites excluding steroid dienone is 1. The van der Waals surface area contributed by atoms with E-state index in [-0.39, 0.29) is 17.9 Å². The Kier molecular flexibility index (Phi) is 3.10. The molecular weight excluding hydrogens is 208 g/mol. The highest BCUT2D eigenvalue weighted by atomic mass is 16.6. The van der Waals surface area contributed by atoms with Crippen molar-refractivity contribution in [2.75, 3.05) is 6.61 Å². The smallest absolute Gasteiger partial charge is 0.306 e. The summed E-state index contributed by atoms with van der Waals surface area (Å²) in [5.74, 6) is -0.175. The topological polar surface area (TPSA) is 52.6 Å². The monoisotopic (exact) mass is 224 g/mol. The van der Waals surface area contributed by atoms with Gasteiger partial charge in [0.05, 0.1) is 6.61 Å². The summed E-state index contributed by atoms with van der Waals surface area (Å²) in [6.07, 6.45) is 5.06. The minimum absolute atomic E-state index is 0.0362. The number of carbonyl (C=O) groups excluding carboxylic acids is 2. The molecule has 0 bridgehead atoms. The highest BCUT2D eigenvalue weighted by Gasteiger charge is 2.48. The van der Waals surface area contributed by atoms with Crippen molar-refractivity contribution in [2.24, 2.45) is 0 Å². The molecule has 16 heavy (non-hydrogen) atoms. The molecule has 0 saturated carbocycles. The lowest BCUT2D eigenvalue weighted by Crippen LogP contribution is -2.44. The molecule has 2 atom stereocenters. The molecule has 0 aromatic rings. The van der Waals surface area contributed by atoms with E-state index in [2.05, 4.69) is 0 Å². The number of hydrogen-bond acceptors (Lipinski definition) is 4. The number of fused-ring (bicyclic) bond motifs is 1. The molecule has 0 spiro atoms. The quantitative estimate of drug-likeness (QED) is 0.680. The number of rotatable bonds is 3.